The van der Waals surface area contributed by atoms with Crippen LogP contribution in [0.2, 0.25) is 5.02 Å². The van der Waals surface area contributed by atoms with Gasteiger partial charge in [0, 0.05) is 28.5 Å². The standard InChI is InChI=1S/C25H16ClFN2/c26-21-10-6-18(7-11-21)23-14-20(17-8-12-22(27)13-9-17)15-29-16-24(28-25(23)29)19-4-2-1-3-5-19/h1-16H. The summed E-state index contributed by atoms with van der Waals surface area (Å²) in [5.74, 6) is -0.248. The van der Waals surface area contributed by atoms with Crippen molar-refractivity contribution in [3.8, 4) is 33.5 Å². The first-order chi connectivity index (χ1) is 14.2. The maximum atomic E-state index is 13.4. The van der Waals surface area contributed by atoms with Gasteiger partial charge in [-0.25, -0.2) is 9.37 Å². The molecule has 0 bridgehead atoms. The lowest BCUT2D eigenvalue weighted by Gasteiger charge is -2.09. The molecule has 5 rings (SSSR count). The molecule has 29 heavy (non-hydrogen) atoms. The van der Waals surface area contributed by atoms with Crippen molar-refractivity contribution in [3.63, 3.8) is 0 Å². The third-order valence-corrected chi connectivity index (χ3v) is 5.21. The summed E-state index contributed by atoms with van der Waals surface area (Å²) < 4.78 is 15.4. The maximum absolute atomic E-state index is 13.4. The molecule has 2 aromatic heterocycles. The molecule has 0 fully saturated rings. The molecular formula is C25H16ClFN2. The molecule has 0 aliphatic heterocycles. The Labute approximate surface area is 172 Å². The first-order valence-electron chi connectivity index (χ1n) is 9.27. The zero-order valence-corrected chi connectivity index (χ0v) is 16.1. The predicted octanol–water partition coefficient (Wildman–Crippen LogP) is 7.13. The highest BCUT2D eigenvalue weighted by atomic mass is 35.5. The number of imidazole rings is 1. The smallest absolute Gasteiger partial charge is 0.145 e. The van der Waals surface area contributed by atoms with E-state index in [0.717, 1.165) is 39.2 Å². The maximum Gasteiger partial charge on any atom is 0.145 e. The van der Waals surface area contributed by atoms with E-state index in [0.29, 0.717) is 5.02 Å². The minimum atomic E-state index is -0.248. The van der Waals surface area contributed by atoms with Crippen LogP contribution in [-0.2, 0) is 0 Å². The number of hydrogen-bond donors (Lipinski definition) is 0. The van der Waals surface area contributed by atoms with Crippen LogP contribution in [0.25, 0.3) is 39.2 Å². The number of benzene rings is 3. The van der Waals surface area contributed by atoms with E-state index >= 15 is 0 Å². The number of aromatic nitrogens is 2. The fourth-order valence-corrected chi connectivity index (χ4v) is 3.61. The van der Waals surface area contributed by atoms with Crippen molar-refractivity contribution in [1.29, 1.82) is 0 Å². The number of fused-ring (bicyclic) bond motifs is 1. The highest BCUT2D eigenvalue weighted by Crippen LogP contribution is 2.32. The Bertz CT molecular complexity index is 1290. The Balaban J connectivity index is 1.75. The van der Waals surface area contributed by atoms with Gasteiger partial charge in [-0.3, -0.25) is 0 Å². The average molecular weight is 399 g/mol. The number of nitrogens with zero attached hydrogens (tertiary/aromatic N) is 2. The second-order valence-electron chi connectivity index (χ2n) is 6.88. The van der Waals surface area contributed by atoms with E-state index < -0.39 is 0 Å². The van der Waals surface area contributed by atoms with E-state index in [1.54, 1.807) is 12.1 Å². The fourth-order valence-electron chi connectivity index (χ4n) is 3.49. The zero-order valence-electron chi connectivity index (χ0n) is 15.4. The van der Waals surface area contributed by atoms with Crippen LogP contribution in [0.3, 0.4) is 0 Å². The minimum absolute atomic E-state index is 0.248. The average Bonchev–Trinajstić information content (AvgIpc) is 3.19. The summed E-state index contributed by atoms with van der Waals surface area (Å²) in [6, 6.07) is 26.4. The van der Waals surface area contributed by atoms with Crippen molar-refractivity contribution >= 4 is 17.2 Å². The van der Waals surface area contributed by atoms with Gasteiger partial charge in [0.05, 0.1) is 5.69 Å². The summed E-state index contributed by atoms with van der Waals surface area (Å²) >= 11 is 6.09. The van der Waals surface area contributed by atoms with Gasteiger partial charge in [-0.15, -0.1) is 0 Å². The lowest BCUT2D eigenvalue weighted by Crippen LogP contribution is -1.91. The molecule has 0 saturated heterocycles. The highest BCUT2D eigenvalue weighted by Gasteiger charge is 2.13. The predicted molar refractivity (Wildman–Crippen MR) is 116 cm³/mol. The van der Waals surface area contributed by atoms with E-state index in [1.807, 2.05) is 71.4 Å². The van der Waals surface area contributed by atoms with Crippen molar-refractivity contribution in [2.24, 2.45) is 0 Å². The van der Waals surface area contributed by atoms with Gasteiger partial charge in [-0.2, -0.15) is 0 Å². The molecule has 0 saturated carbocycles. The van der Waals surface area contributed by atoms with Crippen LogP contribution in [0.1, 0.15) is 0 Å². The Morgan fingerprint density at radius 1 is 0.690 bits per heavy atom. The third kappa shape index (κ3) is 3.41. The van der Waals surface area contributed by atoms with Gasteiger partial charge in [0.2, 0.25) is 0 Å². The van der Waals surface area contributed by atoms with Gasteiger partial charge in [0.1, 0.15) is 11.5 Å². The largest absolute Gasteiger partial charge is 0.305 e. The molecule has 4 heteroatoms. The molecule has 0 aliphatic rings. The number of hydrogen-bond acceptors (Lipinski definition) is 1. The normalized spacial score (nSPS) is 11.1. The summed E-state index contributed by atoms with van der Waals surface area (Å²) in [5, 5.41) is 0.688. The summed E-state index contributed by atoms with van der Waals surface area (Å²) in [4.78, 5) is 4.90. The number of pyridine rings is 1. The Hall–Kier alpha value is -3.43. The zero-order chi connectivity index (χ0) is 19.8. The molecule has 0 radical (unpaired) electrons. The van der Waals surface area contributed by atoms with Gasteiger partial charge in [0.15, 0.2) is 0 Å². The van der Waals surface area contributed by atoms with Crippen LogP contribution >= 0.6 is 11.6 Å². The van der Waals surface area contributed by atoms with Gasteiger partial charge in [-0.05, 0) is 47.0 Å². The molecule has 0 amide bonds. The molecule has 140 valence electrons. The molecule has 2 heterocycles. The Morgan fingerprint density at radius 2 is 1.38 bits per heavy atom. The van der Waals surface area contributed by atoms with Crippen molar-refractivity contribution in [2.45, 2.75) is 0 Å². The molecular weight excluding hydrogens is 383 g/mol. The lowest BCUT2D eigenvalue weighted by atomic mass is 10.0. The molecule has 2 nitrogen and oxygen atoms in total. The topological polar surface area (TPSA) is 17.3 Å². The third-order valence-electron chi connectivity index (χ3n) is 4.95. The van der Waals surface area contributed by atoms with E-state index in [2.05, 4.69) is 6.07 Å². The van der Waals surface area contributed by atoms with Crippen molar-refractivity contribution in [3.05, 3.63) is 108 Å². The molecule has 0 spiro atoms. The molecule has 0 unspecified atom stereocenters. The van der Waals surface area contributed by atoms with E-state index in [4.69, 9.17) is 16.6 Å². The molecule has 0 aliphatic carbocycles. The fraction of sp³-hybridized carbons (Fsp3) is 0. The van der Waals surface area contributed by atoms with Gasteiger partial charge in [-0.1, -0.05) is 66.2 Å². The first-order valence-corrected chi connectivity index (χ1v) is 9.65. The van der Waals surface area contributed by atoms with Crippen molar-refractivity contribution in [2.75, 3.05) is 0 Å². The quantitative estimate of drug-likeness (QED) is 0.316. The molecule has 3 aromatic carbocycles. The van der Waals surface area contributed by atoms with Gasteiger partial charge in [0.25, 0.3) is 0 Å². The second kappa shape index (κ2) is 7.19. The Morgan fingerprint density at radius 3 is 2.10 bits per heavy atom. The van der Waals surface area contributed by atoms with Gasteiger partial charge < -0.3 is 4.40 Å². The molecule has 5 aromatic rings. The van der Waals surface area contributed by atoms with Crippen LogP contribution in [0, 0.1) is 5.82 Å². The number of rotatable bonds is 3. The van der Waals surface area contributed by atoms with Crippen molar-refractivity contribution < 1.29 is 4.39 Å². The summed E-state index contributed by atoms with van der Waals surface area (Å²) in [7, 11) is 0. The monoisotopic (exact) mass is 398 g/mol. The highest BCUT2D eigenvalue weighted by molar-refractivity contribution is 6.30. The Kier molecular flexibility index (Phi) is 4.38. The summed E-state index contributed by atoms with van der Waals surface area (Å²) in [5.41, 5.74) is 6.76. The van der Waals surface area contributed by atoms with Crippen LogP contribution in [0.15, 0.2) is 97.3 Å². The molecule has 0 atom stereocenters. The van der Waals surface area contributed by atoms with E-state index in [-0.39, 0.29) is 5.82 Å². The van der Waals surface area contributed by atoms with Crippen LogP contribution in [0.5, 0.6) is 0 Å². The van der Waals surface area contributed by atoms with Crippen LogP contribution < -0.4 is 0 Å². The lowest BCUT2D eigenvalue weighted by molar-refractivity contribution is 0.628. The molecule has 0 N–H and O–H groups in total. The summed E-state index contributed by atoms with van der Waals surface area (Å²) in [6.07, 6.45) is 4.05. The van der Waals surface area contributed by atoms with E-state index in [1.165, 1.54) is 12.1 Å². The SMILES string of the molecule is Fc1ccc(-c2cc(-c3ccc(Cl)cc3)c3nc(-c4ccccc4)cn3c2)cc1. The minimum Gasteiger partial charge on any atom is -0.305 e. The van der Waals surface area contributed by atoms with Gasteiger partial charge >= 0.3 is 0 Å². The van der Waals surface area contributed by atoms with Crippen LogP contribution in [-0.4, -0.2) is 9.38 Å². The van der Waals surface area contributed by atoms with Crippen molar-refractivity contribution in [1.82, 2.24) is 9.38 Å². The second-order valence-corrected chi connectivity index (χ2v) is 7.32. The van der Waals surface area contributed by atoms with E-state index in [9.17, 15) is 4.39 Å². The van der Waals surface area contributed by atoms with Crippen LogP contribution in [0.4, 0.5) is 4.39 Å². The first kappa shape index (κ1) is 17.7. The number of halogens is 2. The summed E-state index contributed by atoms with van der Waals surface area (Å²) in [6.45, 7) is 0.